The van der Waals surface area contributed by atoms with Crippen molar-refractivity contribution in [3.05, 3.63) is 35.4 Å². The Morgan fingerprint density at radius 2 is 1.81 bits per heavy atom. The van der Waals surface area contributed by atoms with Gasteiger partial charge in [0.2, 0.25) is 0 Å². The molecule has 1 aliphatic rings. The molecule has 0 bridgehead atoms. The Hall–Kier alpha value is -1.88. The molecule has 1 fully saturated rings. The first-order chi connectivity index (χ1) is 10.0. The maximum atomic E-state index is 12.2. The molecule has 2 N–H and O–H groups in total. The highest BCUT2D eigenvalue weighted by atomic mass is 16.3. The highest BCUT2D eigenvalue weighted by molar-refractivity contribution is 5.97. The third-order valence-electron chi connectivity index (χ3n) is 3.75. The second kappa shape index (κ2) is 6.72. The van der Waals surface area contributed by atoms with Crippen LogP contribution in [0.4, 0.5) is 0 Å². The fourth-order valence-corrected chi connectivity index (χ4v) is 2.34. The van der Waals surface area contributed by atoms with Gasteiger partial charge in [-0.3, -0.25) is 9.59 Å². The zero-order chi connectivity index (χ0) is 15.4. The molecule has 114 valence electrons. The highest BCUT2D eigenvalue weighted by Gasteiger charge is 2.31. The van der Waals surface area contributed by atoms with Crippen LogP contribution in [0, 0.1) is 5.92 Å². The largest absolute Gasteiger partial charge is 0.396 e. The van der Waals surface area contributed by atoms with Gasteiger partial charge in [0.25, 0.3) is 11.8 Å². The van der Waals surface area contributed by atoms with E-state index in [0.717, 1.165) is 12.8 Å². The van der Waals surface area contributed by atoms with Crippen molar-refractivity contribution >= 4 is 11.8 Å². The van der Waals surface area contributed by atoms with Gasteiger partial charge in [-0.1, -0.05) is 0 Å². The van der Waals surface area contributed by atoms with Gasteiger partial charge in [0.05, 0.1) is 0 Å². The van der Waals surface area contributed by atoms with E-state index in [9.17, 15) is 9.59 Å². The van der Waals surface area contributed by atoms with E-state index in [2.05, 4.69) is 5.32 Å². The van der Waals surface area contributed by atoms with Crippen LogP contribution in [0.3, 0.4) is 0 Å². The standard InChI is InChI=1S/C16H22N2O3/c1-18(2)16(21)13-7-5-12(6-8-13)15(20)17-14(9-10-19)11-3-4-11/h5-8,11,14,19H,3-4,9-10H2,1-2H3,(H,17,20). The molecule has 5 nitrogen and oxygen atoms in total. The molecular weight excluding hydrogens is 268 g/mol. The summed E-state index contributed by atoms with van der Waals surface area (Å²) in [5, 5.41) is 12.0. The first-order valence-corrected chi connectivity index (χ1v) is 7.26. The number of hydrogen-bond acceptors (Lipinski definition) is 3. The summed E-state index contributed by atoms with van der Waals surface area (Å²) in [7, 11) is 3.39. The lowest BCUT2D eigenvalue weighted by Crippen LogP contribution is -2.37. The van der Waals surface area contributed by atoms with Crippen LogP contribution in [0.1, 0.15) is 40.0 Å². The molecule has 2 amide bonds. The molecule has 1 saturated carbocycles. The Morgan fingerprint density at radius 1 is 1.24 bits per heavy atom. The monoisotopic (exact) mass is 290 g/mol. The van der Waals surface area contributed by atoms with Crippen molar-refractivity contribution < 1.29 is 14.7 Å². The average molecular weight is 290 g/mol. The summed E-state index contributed by atoms with van der Waals surface area (Å²) in [4.78, 5) is 25.5. The zero-order valence-electron chi connectivity index (χ0n) is 12.5. The summed E-state index contributed by atoms with van der Waals surface area (Å²) in [6.07, 6.45) is 2.82. The predicted octanol–water partition coefficient (Wildman–Crippen LogP) is 1.28. The average Bonchev–Trinajstić information content (AvgIpc) is 3.30. The van der Waals surface area contributed by atoms with Crippen LogP contribution in [-0.2, 0) is 0 Å². The summed E-state index contributed by atoms with van der Waals surface area (Å²) < 4.78 is 0. The molecule has 0 heterocycles. The van der Waals surface area contributed by atoms with Crippen molar-refractivity contribution in [1.29, 1.82) is 0 Å². The lowest BCUT2D eigenvalue weighted by Gasteiger charge is -2.17. The lowest BCUT2D eigenvalue weighted by atomic mass is 10.1. The molecule has 1 aromatic carbocycles. The van der Waals surface area contributed by atoms with Crippen LogP contribution in [0.2, 0.25) is 0 Å². The molecule has 0 aliphatic heterocycles. The molecule has 0 saturated heterocycles. The first-order valence-electron chi connectivity index (χ1n) is 7.26. The van der Waals surface area contributed by atoms with Gasteiger partial charge in [-0.2, -0.15) is 0 Å². The maximum Gasteiger partial charge on any atom is 0.253 e. The minimum absolute atomic E-state index is 0.0468. The van der Waals surface area contributed by atoms with Crippen LogP contribution in [0.5, 0.6) is 0 Å². The van der Waals surface area contributed by atoms with Crippen LogP contribution in [-0.4, -0.2) is 48.6 Å². The van der Waals surface area contributed by atoms with E-state index in [1.54, 1.807) is 38.4 Å². The van der Waals surface area contributed by atoms with Gasteiger partial charge in [-0.05, 0) is 49.4 Å². The molecule has 2 rings (SSSR count). The van der Waals surface area contributed by atoms with E-state index in [1.165, 1.54) is 4.90 Å². The van der Waals surface area contributed by atoms with E-state index >= 15 is 0 Å². The Balaban J connectivity index is 2.00. The highest BCUT2D eigenvalue weighted by Crippen LogP contribution is 2.34. The third-order valence-corrected chi connectivity index (χ3v) is 3.75. The SMILES string of the molecule is CN(C)C(=O)c1ccc(C(=O)NC(CCO)C2CC2)cc1. The fourth-order valence-electron chi connectivity index (χ4n) is 2.34. The summed E-state index contributed by atoms with van der Waals surface area (Å²) in [6.45, 7) is 0.0811. The van der Waals surface area contributed by atoms with Gasteiger partial charge >= 0.3 is 0 Å². The number of carbonyl (C=O) groups is 2. The molecule has 1 unspecified atom stereocenters. The normalized spacial score (nSPS) is 15.4. The van der Waals surface area contributed by atoms with Crippen LogP contribution < -0.4 is 5.32 Å². The summed E-state index contributed by atoms with van der Waals surface area (Å²) in [5.41, 5.74) is 1.10. The van der Waals surface area contributed by atoms with Gasteiger partial charge in [0.15, 0.2) is 0 Å². The maximum absolute atomic E-state index is 12.2. The van der Waals surface area contributed by atoms with E-state index in [0.29, 0.717) is 23.5 Å². The minimum Gasteiger partial charge on any atom is -0.396 e. The lowest BCUT2D eigenvalue weighted by molar-refractivity contribution is 0.0826. The smallest absolute Gasteiger partial charge is 0.253 e. The number of benzene rings is 1. The predicted molar refractivity (Wildman–Crippen MR) is 80.1 cm³/mol. The molecule has 1 aliphatic carbocycles. The number of aliphatic hydroxyl groups is 1. The van der Waals surface area contributed by atoms with Gasteiger partial charge in [-0.25, -0.2) is 0 Å². The molecule has 1 atom stereocenters. The summed E-state index contributed by atoms with van der Waals surface area (Å²) >= 11 is 0. The molecular formula is C16H22N2O3. The van der Waals surface area contributed by atoms with E-state index in [-0.39, 0.29) is 24.5 Å². The zero-order valence-corrected chi connectivity index (χ0v) is 12.5. The summed E-state index contributed by atoms with van der Waals surface area (Å²) in [6, 6.07) is 6.69. The van der Waals surface area contributed by atoms with Crippen molar-refractivity contribution in [1.82, 2.24) is 10.2 Å². The number of nitrogens with zero attached hydrogens (tertiary/aromatic N) is 1. The van der Waals surface area contributed by atoms with E-state index < -0.39 is 0 Å². The second-order valence-electron chi connectivity index (χ2n) is 5.71. The van der Waals surface area contributed by atoms with Crippen molar-refractivity contribution in [2.75, 3.05) is 20.7 Å². The Kier molecular flexibility index (Phi) is 4.96. The summed E-state index contributed by atoms with van der Waals surface area (Å²) in [5.74, 6) is 0.262. The topological polar surface area (TPSA) is 69.6 Å². The number of amides is 2. The molecule has 0 radical (unpaired) electrons. The third kappa shape index (κ3) is 4.04. The molecule has 0 aromatic heterocycles. The van der Waals surface area contributed by atoms with Crippen molar-refractivity contribution in [3.8, 4) is 0 Å². The molecule has 5 heteroatoms. The number of aliphatic hydroxyl groups excluding tert-OH is 1. The number of hydrogen-bond donors (Lipinski definition) is 2. The van der Waals surface area contributed by atoms with Gasteiger partial charge in [0.1, 0.15) is 0 Å². The van der Waals surface area contributed by atoms with Gasteiger partial charge in [-0.15, -0.1) is 0 Å². The van der Waals surface area contributed by atoms with Gasteiger partial charge < -0.3 is 15.3 Å². The fraction of sp³-hybridized carbons (Fsp3) is 0.500. The minimum atomic E-state index is -0.149. The number of rotatable bonds is 6. The van der Waals surface area contributed by atoms with E-state index in [4.69, 9.17) is 5.11 Å². The Morgan fingerprint density at radius 3 is 2.29 bits per heavy atom. The molecule has 0 spiro atoms. The van der Waals surface area contributed by atoms with Crippen molar-refractivity contribution in [2.45, 2.75) is 25.3 Å². The van der Waals surface area contributed by atoms with Gasteiger partial charge in [0, 0.05) is 37.9 Å². The molecule has 21 heavy (non-hydrogen) atoms. The Bertz CT molecular complexity index is 507. The molecule has 1 aromatic rings. The van der Waals surface area contributed by atoms with Crippen LogP contribution in [0.25, 0.3) is 0 Å². The second-order valence-corrected chi connectivity index (χ2v) is 5.71. The Labute approximate surface area is 125 Å². The van der Waals surface area contributed by atoms with Crippen molar-refractivity contribution in [2.24, 2.45) is 5.92 Å². The first kappa shape index (κ1) is 15.5. The van der Waals surface area contributed by atoms with Crippen LogP contribution >= 0.6 is 0 Å². The van der Waals surface area contributed by atoms with Crippen molar-refractivity contribution in [3.63, 3.8) is 0 Å². The quantitative estimate of drug-likeness (QED) is 0.829. The number of carbonyl (C=O) groups excluding carboxylic acids is 2. The van der Waals surface area contributed by atoms with E-state index in [1.807, 2.05) is 0 Å². The van der Waals surface area contributed by atoms with Crippen LogP contribution in [0.15, 0.2) is 24.3 Å². The number of nitrogens with one attached hydrogen (secondary N) is 1.